The molecule has 3 atom stereocenters. The lowest BCUT2D eigenvalue weighted by atomic mass is 9.79. The monoisotopic (exact) mass is 571 g/mol. The van der Waals surface area contributed by atoms with E-state index in [1.54, 1.807) is 39.8 Å². The van der Waals surface area contributed by atoms with Crippen LogP contribution in [0.2, 0.25) is 5.02 Å². The van der Waals surface area contributed by atoms with Gasteiger partial charge in [-0.15, -0.1) is 22.7 Å². The molecule has 10 heteroatoms. The second-order valence-corrected chi connectivity index (χ2v) is 13.8. The minimum absolute atomic E-state index is 0.102. The number of halogens is 1. The number of amides is 1. The Hall–Kier alpha value is -2.30. The molecule has 1 amide bonds. The topological polar surface area (TPSA) is 70.1 Å². The number of nitrogens with zero attached hydrogens (tertiary/aromatic N) is 3. The molecular weight excluding hydrogens is 546 g/mol. The van der Waals surface area contributed by atoms with Gasteiger partial charge < -0.3 is 0 Å². The van der Waals surface area contributed by atoms with Gasteiger partial charge in [-0.05, 0) is 90.9 Å². The van der Waals surface area contributed by atoms with Gasteiger partial charge in [-0.2, -0.15) is 9.41 Å². The Morgan fingerprint density at radius 2 is 1.81 bits per heavy atom. The van der Waals surface area contributed by atoms with Crippen LogP contribution in [0.1, 0.15) is 47.9 Å². The Bertz CT molecular complexity index is 1450. The summed E-state index contributed by atoms with van der Waals surface area (Å²) in [4.78, 5) is 16.5. The maximum Gasteiger partial charge on any atom is 0.261 e. The number of hydrogen-bond donors (Lipinski definition) is 0. The summed E-state index contributed by atoms with van der Waals surface area (Å²) >= 11 is 9.29. The second kappa shape index (κ2) is 10.1. The van der Waals surface area contributed by atoms with Gasteiger partial charge in [0.1, 0.15) is 6.04 Å². The molecule has 1 aromatic carbocycles. The molecule has 0 bridgehead atoms. The molecule has 1 saturated heterocycles. The molecule has 2 aliphatic heterocycles. The first-order valence-corrected chi connectivity index (χ1v) is 16.0. The predicted molar refractivity (Wildman–Crippen MR) is 149 cm³/mol. The molecule has 3 aliphatic rings. The molecule has 37 heavy (non-hydrogen) atoms. The number of carbonyl (C=O) groups excluding carboxylic acids is 1. The molecule has 0 spiro atoms. The van der Waals surface area contributed by atoms with E-state index in [1.165, 1.54) is 26.9 Å². The standard InChI is InChI=1S/C27H26ClN3O3S3/c28-19-10-12-21(13-11-19)37(33,34)30-14-2-8-23(30)27(32)31-26(24-9-4-16-36-24)22-7-1-5-18(25(22)29-31)17-20-6-3-15-35-20/h3-4,6,9-13,15-17,22-23,26H,1-2,5,7-8,14H2. The third kappa shape index (κ3) is 4.61. The van der Waals surface area contributed by atoms with Crippen molar-refractivity contribution in [2.24, 2.45) is 11.0 Å². The largest absolute Gasteiger partial charge is 0.271 e. The summed E-state index contributed by atoms with van der Waals surface area (Å²) in [6.07, 6.45) is 6.21. The second-order valence-electron chi connectivity index (χ2n) is 9.54. The molecule has 0 N–H and O–H groups in total. The van der Waals surface area contributed by atoms with Crippen LogP contribution in [0, 0.1) is 5.92 Å². The minimum Gasteiger partial charge on any atom is -0.271 e. The number of allylic oxidation sites excluding steroid dienone is 1. The zero-order chi connectivity index (χ0) is 25.6. The van der Waals surface area contributed by atoms with E-state index in [0.717, 1.165) is 29.9 Å². The Balaban J connectivity index is 1.36. The molecule has 1 saturated carbocycles. The van der Waals surface area contributed by atoms with Crippen molar-refractivity contribution in [2.75, 3.05) is 6.54 Å². The summed E-state index contributed by atoms with van der Waals surface area (Å²) in [6.45, 7) is 0.308. The van der Waals surface area contributed by atoms with E-state index < -0.39 is 16.1 Å². The number of hydrazone groups is 1. The Kier molecular flexibility index (Phi) is 6.83. The summed E-state index contributed by atoms with van der Waals surface area (Å²) in [7, 11) is -3.85. The lowest BCUT2D eigenvalue weighted by molar-refractivity contribution is -0.137. The number of sulfonamides is 1. The van der Waals surface area contributed by atoms with Gasteiger partial charge in [-0.25, -0.2) is 13.4 Å². The molecule has 3 aromatic rings. The average molecular weight is 572 g/mol. The summed E-state index contributed by atoms with van der Waals surface area (Å²) in [5.74, 6) is -0.143. The number of carbonyl (C=O) groups is 1. The van der Waals surface area contributed by atoms with Crippen LogP contribution >= 0.6 is 34.3 Å². The fraction of sp³-hybridized carbons (Fsp3) is 0.333. The van der Waals surface area contributed by atoms with Crippen LogP contribution in [-0.2, 0) is 14.8 Å². The van der Waals surface area contributed by atoms with Gasteiger partial charge in [0, 0.05) is 27.2 Å². The predicted octanol–water partition coefficient (Wildman–Crippen LogP) is 6.44. The molecule has 6 rings (SSSR count). The molecule has 4 heterocycles. The summed E-state index contributed by atoms with van der Waals surface area (Å²) < 4.78 is 28.4. The summed E-state index contributed by atoms with van der Waals surface area (Å²) in [5.41, 5.74) is 2.14. The van der Waals surface area contributed by atoms with E-state index in [2.05, 4.69) is 23.6 Å². The quantitative estimate of drug-likeness (QED) is 0.354. The number of hydrogen-bond acceptors (Lipinski definition) is 6. The molecule has 192 valence electrons. The fourth-order valence-corrected chi connectivity index (χ4v) is 8.97. The normalized spacial score (nSPS) is 25.4. The molecule has 1 aliphatic carbocycles. The third-order valence-electron chi connectivity index (χ3n) is 7.33. The highest BCUT2D eigenvalue weighted by Crippen LogP contribution is 2.46. The Morgan fingerprint density at radius 3 is 2.54 bits per heavy atom. The Labute approximate surface area is 229 Å². The van der Waals surface area contributed by atoms with Crippen molar-refractivity contribution in [1.29, 1.82) is 0 Å². The maximum atomic E-state index is 14.1. The molecular formula is C27H26ClN3O3S3. The van der Waals surface area contributed by atoms with Crippen LogP contribution in [-0.4, -0.2) is 41.9 Å². The van der Waals surface area contributed by atoms with E-state index in [9.17, 15) is 13.2 Å². The first-order valence-electron chi connectivity index (χ1n) is 12.4. The number of benzene rings is 1. The van der Waals surface area contributed by atoms with Gasteiger partial charge in [0.2, 0.25) is 10.0 Å². The van der Waals surface area contributed by atoms with Crippen molar-refractivity contribution in [3.63, 3.8) is 0 Å². The number of fused-ring (bicyclic) bond motifs is 1. The molecule has 6 nitrogen and oxygen atoms in total. The highest BCUT2D eigenvalue weighted by molar-refractivity contribution is 7.89. The van der Waals surface area contributed by atoms with Crippen LogP contribution in [0.25, 0.3) is 6.08 Å². The van der Waals surface area contributed by atoms with Gasteiger partial charge in [0.15, 0.2) is 0 Å². The van der Waals surface area contributed by atoms with Gasteiger partial charge >= 0.3 is 0 Å². The molecule has 0 radical (unpaired) electrons. The van der Waals surface area contributed by atoms with Crippen molar-refractivity contribution >= 4 is 62.0 Å². The lowest BCUT2D eigenvalue weighted by Gasteiger charge is -2.31. The van der Waals surface area contributed by atoms with Crippen molar-refractivity contribution < 1.29 is 13.2 Å². The number of thiophene rings is 2. The summed E-state index contributed by atoms with van der Waals surface area (Å²) in [5, 5.41) is 11.1. The van der Waals surface area contributed by atoms with Crippen molar-refractivity contribution in [3.05, 3.63) is 79.6 Å². The van der Waals surface area contributed by atoms with Gasteiger partial charge in [0.25, 0.3) is 5.91 Å². The molecule has 2 aromatic heterocycles. The zero-order valence-electron chi connectivity index (χ0n) is 20.0. The van der Waals surface area contributed by atoms with E-state index in [-0.39, 0.29) is 22.8 Å². The SMILES string of the molecule is O=C(C1CCCN1S(=O)(=O)c1ccc(Cl)cc1)N1N=C2C(=Cc3cccs3)CCCC2C1c1cccs1. The first kappa shape index (κ1) is 25.0. The summed E-state index contributed by atoms with van der Waals surface area (Å²) in [6, 6.07) is 13.3. The fourth-order valence-electron chi connectivity index (χ4n) is 5.64. The van der Waals surface area contributed by atoms with Gasteiger partial charge in [-0.3, -0.25) is 4.79 Å². The van der Waals surface area contributed by atoms with Crippen LogP contribution in [0.15, 0.2) is 74.9 Å². The van der Waals surface area contributed by atoms with Gasteiger partial charge in [0.05, 0.1) is 16.6 Å². The number of rotatable bonds is 5. The van der Waals surface area contributed by atoms with Crippen LogP contribution in [0.3, 0.4) is 0 Å². The Morgan fingerprint density at radius 1 is 1.03 bits per heavy atom. The average Bonchev–Trinajstić information content (AvgIpc) is 3.70. The third-order valence-corrected chi connectivity index (χ3v) is 11.3. The van der Waals surface area contributed by atoms with Crippen molar-refractivity contribution in [2.45, 2.75) is 49.1 Å². The highest BCUT2D eigenvalue weighted by Gasteiger charge is 2.49. The molecule has 2 fully saturated rings. The molecule has 3 unspecified atom stereocenters. The van der Waals surface area contributed by atoms with Gasteiger partial charge in [-0.1, -0.05) is 23.7 Å². The first-order chi connectivity index (χ1) is 17.9. The zero-order valence-corrected chi connectivity index (χ0v) is 23.2. The van der Waals surface area contributed by atoms with E-state index in [0.29, 0.717) is 24.4 Å². The van der Waals surface area contributed by atoms with E-state index in [4.69, 9.17) is 16.7 Å². The van der Waals surface area contributed by atoms with Crippen LogP contribution < -0.4 is 0 Å². The van der Waals surface area contributed by atoms with Crippen molar-refractivity contribution in [1.82, 2.24) is 9.31 Å². The minimum atomic E-state index is -3.85. The van der Waals surface area contributed by atoms with E-state index >= 15 is 0 Å². The highest BCUT2D eigenvalue weighted by atomic mass is 35.5. The van der Waals surface area contributed by atoms with Crippen molar-refractivity contribution in [3.8, 4) is 0 Å². The van der Waals surface area contributed by atoms with Crippen LogP contribution in [0.4, 0.5) is 0 Å². The smallest absolute Gasteiger partial charge is 0.261 e. The maximum absolute atomic E-state index is 14.1. The lowest BCUT2D eigenvalue weighted by Crippen LogP contribution is -2.46. The van der Waals surface area contributed by atoms with E-state index in [1.807, 2.05) is 17.5 Å². The van der Waals surface area contributed by atoms with Crippen LogP contribution in [0.5, 0.6) is 0 Å².